The van der Waals surface area contributed by atoms with E-state index < -0.39 is 0 Å². The SMILES string of the molecule is CC1=CCC(C(C)(C)PCCCCCCCCCC/C(=C(\c2ccccc2)c2ccc(OCCN(C)C)cc2)c2ccccc2)CC1. The fraction of sp³-hybridized carbons (Fsp3) is 0.500. The summed E-state index contributed by atoms with van der Waals surface area (Å²) >= 11 is 0. The quantitative estimate of drug-likeness (QED) is 0.0522. The Morgan fingerprint density at radius 1 is 0.745 bits per heavy atom. The first-order valence-electron chi connectivity index (χ1n) is 18.5. The van der Waals surface area contributed by atoms with Gasteiger partial charge in [-0.25, -0.2) is 0 Å². The Morgan fingerprint density at radius 3 is 1.91 bits per heavy atom. The van der Waals surface area contributed by atoms with Crippen LogP contribution in [0.1, 0.15) is 115 Å². The average molecular weight is 652 g/mol. The molecule has 0 aromatic heterocycles. The first-order chi connectivity index (χ1) is 22.8. The minimum atomic E-state index is 0.522. The zero-order valence-electron chi connectivity index (χ0n) is 30.2. The van der Waals surface area contributed by atoms with E-state index in [0.29, 0.717) is 11.8 Å². The van der Waals surface area contributed by atoms with Crippen molar-refractivity contribution in [1.29, 1.82) is 0 Å². The Hall–Kier alpha value is -2.67. The van der Waals surface area contributed by atoms with Crippen molar-refractivity contribution >= 4 is 19.7 Å². The van der Waals surface area contributed by atoms with Crippen LogP contribution >= 0.6 is 8.58 Å². The minimum Gasteiger partial charge on any atom is -0.492 e. The predicted octanol–water partition coefficient (Wildman–Crippen LogP) is 12.3. The number of nitrogens with zero attached hydrogens (tertiary/aromatic N) is 1. The lowest BCUT2D eigenvalue weighted by Crippen LogP contribution is -2.28. The molecule has 4 rings (SSSR count). The second kappa shape index (κ2) is 20.0. The van der Waals surface area contributed by atoms with Crippen molar-refractivity contribution in [2.75, 3.05) is 33.4 Å². The van der Waals surface area contributed by atoms with Crippen LogP contribution in [0, 0.1) is 5.92 Å². The highest BCUT2D eigenvalue weighted by molar-refractivity contribution is 7.39. The van der Waals surface area contributed by atoms with Crippen LogP contribution in [0.25, 0.3) is 11.1 Å². The lowest BCUT2D eigenvalue weighted by molar-refractivity contribution is 0.261. The van der Waals surface area contributed by atoms with Gasteiger partial charge in [-0.3, -0.25) is 0 Å². The molecular formula is C44H62NOP. The molecular weight excluding hydrogens is 589 g/mol. The highest BCUT2D eigenvalue weighted by Gasteiger charge is 2.29. The van der Waals surface area contributed by atoms with Gasteiger partial charge in [0, 0.05) is 6.54 Å². The summed E-state index contributed by atoms with van der Waals surface area (Å²) < 4.78 is 6.02. The maximum atomic E-state index is 6.02. The Labute approximate surface area is 289 Å². The molecule has 254 valence electrons. The number of rotatable bonds is 20. The molecule has 0 spiro atoms. The number of allylic oxidation sites excluding steroid dienone is 3. The summed E-state index contributed by atoms with van der Waals surface area (Å²) in [6, 6.07) is 30.7. The van der Waals surface area contributed by atoms with Crippen LogP contribution in [0.2, 0.25) is 0 Å². The number of ether oxygens (including phenoxy) is 1. The van der Waals surface area contributed by atoms with Gasteiger partial charge in [-0.15, -0.1) is 8.58 Å². The van der Waals surface area contributed by atoms with Crippen molar-refractivity contribution in [2.24, 2.45) is 5.92 Å². The molecule has 3 heteroatoms. The van der Waals surface area contributed by atoms with E-state index in [9.17, 15) is 0 Å². The number of hydrogen-bond acceptors (Lipinski definition) is 2. The van der Waals surface area contributed by atoms with Crippen LogP contribution in [-0.4, -0.2) is 43.5 Å². The van der Waals surface area contributed by atoms with Gasteiger partial charge in [0.1, 0.15) is 12.4 Å². The number of unbranched alkanes of at least 4 members (excludes halogenated alkanes) is 7. The summed E-state index contributed by atoms with van der Waals surface area (Å²) in [6.07, 6.45) is 19.9. The van der Waals surface area contributed by atoms with E-state index in [4.69, 9.17) is 4.74 Å². The predicted molar refractivity (Wildman–Crippen MR) is 209 cm³/mol. The van der Waals surface area contributed by atoms with E-state index in [2.05, 4.69) is 131 Å². The maximum absolute atomic E-state index is 6.02. The second-order valence-electron chi connectivity index (χ2n) is 14.5. The van der Waals surface area contributed by atoms with Gasteiger partial charge in [0.2, 0.25) is 0 Å². The lowest BCUT2D eigenvalue weighted by Gasteiger charge is -2.36. The largest absolute Gasteiger partial charge is 0.492 e. The molecule has 0 bridgehead atoms. The highest BCUT2D eigenvalue weighted by Crippen LogP contribution is 2.44. The molecule has 1 aliphatic rings. The number of likely N-dealkylation sites (N-methyl/N-ethyl adjacent to an activating group) is 1. The molecule has 0 amide bonds. The normalized spacial score (nSPS) is 16.0. The summed E-state index contributed by atoms with van der Waals surface area (Å²) in [6.45, 7) is 8.97. The van der Waals surface area contributed by atoms with Gasteiger partial charge in [0.25, 0.3) is 0 Å². The van der Waals surface area contributed by atoms with Crippen LogP contribution in [-0.2, 0) is 0 Å². The molecule has 0 aliphatic heterocycles. The molecule has 0 heterocycles. The van der Waals surface area contributed by atoms with Crippen LogP contribution in [0.4, 0.5) is 0 Å². The van der Waals surface area contributed by atoms with Gasteiger partial charge in [-0.1, -0.05) is 137 Å². The van der Waals surface area contributed by atoms with Crippen molar-refractivity contribution < 1.29 is 4.74 Å². The van der Waals surface area contributed by atoms with E-state index in [0.717, 1.165) is 33.2 Å². The van der Waals surface area contributed by atoms with E-state index in [1.807, 2.05) is 0 Å². The molecule has 47 heavy (non-hydrogen) atoms. The molecule has 0 fully saturated rings. The Morgan fingerprint density at radius 2 is 1.32 bits per heavy atom. The van der Waals surface area contributed by atoms with E-state index >= 15 is 0 Å². The smallest absolute Gasteiger partial charge is 0.119 e. The molecule has 3 aromatic carbocycles. The van der Waals surface area contributed by atoms with Gasteiger partial charge in [0.05, 0.1) is 0 Å². The summed E-state index contributed by atoms with van der Waals surface area (Å²) in [4.78, 5) is 2.15. The van der Waals surface area contributed by atoms with E-state index in [1.54, 1.807) is 5.57 Å². The molecule has 3 aromatic rings. The Kier molecular flexibility index (Phi) is 15.8. The first-order valence-corrected chi connectivity index (χ1v) is 19.7. The summed E-state index contributed by atoms with van der Waals surface area (Å²) in [7, 11) is 5.27. The van der Waals surface area contributed by atoms with Gasteiger partial charge in [0.15, 0.2) is 0 Å². The number of benzene rings is 3. The molecule has 2 unspecified atom stereocenters. The Balaban J connectivity index is 1.28. The molecule has 0 radical (unpaired) electrons. The second-order valence-corrected chi connectivity index (χ2v) is 16.7. The van der Waals surface area contributed by atoms with Gasteiger partial charge in [-0.05, 0) is 117 Å². The van der Waals surface area contributed by atoms with Crippen molar-refractivity contribution in [3.8, 4) is 5.75 Å². The highest BCUT2D eigenvalue weighted by atomic mass is 31.1. The molecule has 2 atom stereocenters. The monoisotopic (exact) mass is 651 g/mol. The van der Waals surface area contributed by atoms with Crippen LogP contribution in [0.15, 0.2) is 96.6 Å². The molecule has 0 saturated carbocycles. The average Bonchev–Trinajstić information content (AvgIpc) is 3.08. The summed E-state index contributed by atoms with van der Waals surface area (Å²) in [5, 5.41) is 0.522. The van der Waals surface area contributed by atoms with Gasteiger partial charge in [-0.2, -0.15) is 0 Å². The molecule has 0 N–H and O–H groups in total. The van der Waals surface area contributed by atoms with Crippen molar-refractivity contribution in [3.63, 3.8) is 0 Å². The summed E-state index contributed by atoms with van der Waals surface area (Å²) in [5.74, 6) is 1.82. The van der Waals surface area contributed by atoms with Crippen LogP contribution in [0.5, 0.6) is 5.75 Å². The van der Waals surface area contributed by atoms with E-state index in [1.165, 1.54) is 105 Å². The molecule has 2 nitrogen and oxygen atoms in total. The Bertz CT molecular complexity index is 1360. The van der Waals surface area contributed by atoms with E-state index in [-0.39, 0.29) is 0 Å². The lowest BCUT2D eigenvalue weighted by atomic mass is 9.82. The molecule has 1 aliphatic carbocycles. The topological polar surface area (TPSA) is 12.5 Å². The molecule has 0 saturated heterocycles. The minimum absolute atomic E-state index is 0.522. The third-order valence-corrected chi connectivity index (χ3v) is 12.0. The first kappa shape index (κ1) is 37.2. The van der Waals surface area contributed by atoms with Gasteiger partial charge >= 0.3 is 0 Å². The summed E-state index contributed by atoms with van der Waals surface area (Å²) in [5.41, 5.74) is 8.26. The van der Waals surface area contributed by atoms with Gasteiger partial charge < -0.3 is 9.64 Å². The van der Waals surface area contributed by atoms with Crippen LogP contribution < -0.4 is 4.74 Å². The van der Waals surface area contributed by atoms with Crippen molar-refractivity contribution in [1.82, 2.24) is 4.90 Å². The van der Waals surface area contributed by atoms with Crippen molar-refractivity contribution in [2.45, 2.75) is 103 Å². The fourth-order valence-corrected chi connectivity index (χ4v) is 8.52. The zero-order chi connectivity index (χ0) is 33.3. The third kappa shape index (κ3) is 12.7. The fourth-order valence-electron chi connectivity index (χ4n) is 6.90. The zero-order valence-corrected chi connectivity index (χ0v) is 31.2. The van der Waals surface area contributed by atoms with Crippen molar-refractivity contribution in [3.05, 3.63) is 113 Å². The third-order valence-electron chi connectivity index (χ3n) is 10.0. The number of hydrogen-bond donors (Lipinski definition) is 0. The van der Waals surface area contributed by atoms with Crippen LogP contribution in [0.3, 0.4) is 0 Å². The maximum Gasteiger partial charge on any atom is 0.119 e. The standard InChI is InChI=1S/C44H62NOP/c1-36-25-29-40(30-26-36)44(2,3)47-35-19-11-9-7-6-8-10-18-24-42(37-20-14-12-15-21-37)43(38-22-16-13-17-23-38)39-27-31-41(32-28-39)46-34-33-45(4)5/h12-17,20-23,25,27-28,31-32,40,47H,6-11,18-19,24,26,29-30,33-35H2,1-5H3/b43-42-.